The molecule has 92 heavy (non-hydrogen) atoms. The topological polar surface area (TPSA) is 373 Å². The fourth-order valence-electron chi connectivity index (χ4n) is 12.2. The van der Waals surface area contributed by atoms with Gasteiger partial charge in [-0.1, -0.05) is 211 Å². The van der Waals surface area contributed by atoms with Crippen molar-refractivity contribution in [3.8, 4) is 0 Å². The van der Waals surface area contributed by atoms with Crippen molar-refractivity contribution >= 4 is 17.8 Å². The first-order valence-corrected chi connectivity index (χ1v) is 35.4. The first kappa shape index (κ1) is 83.2. The van der Waals surface area contributed by atoms with E-state index in [0.29, 0.717) is 12.8 Å². The van der Waals surface area contributed by atoms with E-state index < -0.39 is 155 Å². The van der Waals surface area contributed by atoms with E-state index in [1.54, 1.807) is 6.08 Å². The van der Waals surface area contributed by atoms with Crippen molar-refractivity contribution in [2.75, 3.05) is 26.4 Å². The fraction of sp³-hybridized carbons (Fsp3) is 0.870. The Hall–Kier alpha value is -3.05. The number of nitrogens with one attached hydrogen (secondary N) is 2. The first-order valence-electron chi connectivity index (χ1n) is 35.4. The molecule has 3 heterocycles. The van der Waals surface area contributed by atoms with Crippen LogP contribution in [0, 0.1) is 0 Å². The number of allylic oxidation sites excluding steroid dienone is 5. The Labute approximate surface area is 548 Å². The molecule has 3 rings (SSSR count). The third-order valence-electron chi connectivity index (χ3n) is 17.8. The van der Waals surface area contributed by atoms with Crippen molar-refractivity contribution in [3.05, 3.63) is 36.5 Å². The zero-order valence-corrected chi connectivity index (χ0v) is 55.9. The van der Waals surface area contributed by atoms with Crippen LogP contribution in [0.2, 0.25) is 0 Å². The Morgan fingerprint density at radius 1 is 0.576 bits per heavy atom. The van der Waals surface area contributed by atoms with Gasteiger partial charge in [-0.25, -0.2) is 4.79 Å². The van der Waals surface area contributed by atoms with Gasteiger partial charge < -0.3 is 100 Å². The van der Waals surface area contributed by atoms with Crippen molar-refractivity contribution in [2.24, 2.45) is 0 Å². The zero-order valence-electron chi connectivity index (χ0n) is 55.9. The molecular formula is C69H124N2O21. The summed E-state index contributed by atoms with van der Waals surface area (Å²) in [5.41, 5.74) is 0. The highest BCUT2D eigenvalue weighted by atomic mass is 16.8. The number of carbonyl (C=O) groups is 3. The highest BCUT2D eigenvalue weighted by Gasteiger charge is 2.60. The quantitative estimate of drug-likeness (QED) is 0.0225. The van der Waals surface area contributed by atoms with Crippen LogP contribution in [0.1, 0.15) is 245 Å². The second-order valence-electron chi connectivity index (χ2n) is 25.7. The lowest BCUT2D eigenvalue weighted by Gasteiger charge is -2.50. The molecule has 0 aliphatic carbocycles. The molecule has 3 fully saturated rings. The molecule has 3 saturated heterocycles. The number of carbonyl (C=O) groups excluding carboxylic acids is 2. The lowest BCUT2D eigenvalue weighted by atomic mass is 9.88. The van der Waals surface area contributed by atoms with Crippen LogP contribution in [0.3, 0.4) is 0 Å². The van der Waals surface area contributed by atoms with Gasteiger partial charge in [0.1, 0.15) is 67.1 Å². The molecule has 23 nitrogen and oxygen atoms in total. The number of hydrogen-bond donors (Lipinski definition) is 14. The molecular weight excluding hydrogens is 1190 g/mol. The van der Waals surface area contributed by atoms with Crippen LogP contribution < -0.4 is 10.6 Å². The van der Waals surface area contributed by atoms with E-state index >= 15 is 0 Å². The largest absolute Gasteiger partial charge is 0.477 e. The lowest BCUT2D eigenvalue weighted by molar-refractivity contribution is -0.386. The number of aliphatic hydroxyl groups excluding tert-OH is 11. The molecule has 2 amide bonds. The summed E-state index contributed by atoms with van der Waals surface area (Å²) in [6.07, 6.45) is 21.8. The van der Waals surface area contributed by atoms with Gasteiger partial charge in [0.2, 0.25) is 11.8 Å². The van der Waals surface area contributed by atoms with Crippen molar-refractivity contribution in [1.29, 1.82) is 0 Å². The number of ether oxygens (including phenoxy) is 6. The standard InChI is InChI=1S/C69H124N2O21/c1-4-6-8-10-12-14-16-18-20-22-23-24-25-27-28-30-32-34-36-38-40-42-51(76)50(71-56(79)43-41-39-37-35-33-31-29-26-21-19-17-15-13-11-9-7-5-2)48-87-66-61(83)60(82)63(55(47-74)89-66)90-67-62(84)65(59(81)54(46-73)88-67)92-69(68(85)86)44-52(77)57(70-49(3)75)64(91-69)58(80)53(78)45-72/h13,15,19,21,40,42,50-55,57-67,72-74,76-78,80-84H,4-12,14,16-18,20,22-39,41,43-48H2,1-3H3,(H,70,75)(H,71,79)(H,85,86)/b15-13-,21-19-,42-40+. The number of carboxylic acid groups (broad SMARTS) is 1. The summed E-state index contributed by atoms with van der Waals surface area (Å²) in [4.78, 5) is 38.5. The molecule has 3 aliphatic rings. The molecule has 0 aromatic rings. The molecule has 0 aromatic heterocycles. The minimum Gasteiger partial charge on any atom is -0.477 e. The van der Waals surface area contributed by atoms with Gasteiger partial charge in [0.05, 0.1) is 50.7 Å². The van der Waals surface area contributed by atoms with E-state index in [1.165, 1.54) is 122 Å². The van der Waals surface area contributed by atoms with Crippen molar-refractivity contribution in [1.82, 2.24) is 10.6 Å². The van der Waals surface area contributed by atoms with E-state index in [0.717, 1.165) is 84.0 Å². The second-order valence-corrected chi connectivity index (χ2v) is 25.7. The maximum absolute atomic E-state index is 13.5. The molecule has 23 heteroatoms. The van der Waals surface area contributed by atoms with Crippen LogP contribution in [-0.4, -0.2) is 215 Å². The van der Waals surface area contributed by atoms with Gasteiger partial charge in [-0.15, -0.1) is 0 Å². The molecule has 536 valence electrons. The first-order chi connectivity index (χ1) is 44.4. The lowest BCUT2D eigenvalue weighted by Crippen LogP contribution is -2.70. The van der Waals surface area contributed by atoms with E-state index in [2.05, 4.69) is 48.8 Å². The summed E-state index contributed by atoms with van der Waals surface area (Å²) in [5.74, 6) is -6.15. The smallest absolute Gasteiger partial charge is 0.364 e. The van der Waals surface area contributed by atoms with Crippen molar-refractivity contribution in [2.45, 2.75) is 355 Å². The number of amides is 2. The molecule has 14 N–H and O–H groups in total. The van der Waals surface area contributed by atoms with E-state index in [9.17, 15) is 75.7 Å². The van der Waals surface area contributed by atoms with Crippen molar-refractivity contribution < 1.29 is 104 Å². The highest BCUT2D eigenvalue weighted by Crippen LogP contribution is 2.39. The molecule has 18 atom stereocenters. The minimum atomic E-state index is -3.08. The average Bonchev–Trinajstić information content (AvgIpc) is 0.767. The van der Waals surface area contributed by atoms with E-state index in [1.807, 2.05) is 6.08 Å². The van der Waals surface area contributed by atoms with Gasteiger partial charge >= 0.3 is 5.97 Å². The Balaban J connectivity index is 1.60. The normalized spacial score (nSPS) is 28.4. The molecule has 3 aliphatic heterocycles. The average molecular weight is 1320 g/mol. The summed E-state index contributed by atoms with van der Waals surface area (Å²) in [6.45, 7) is 2.11. The monoisotopic (exact) mass is 1320 g/mol. The SMILES string of the molecule is CCCCC/C=C\C/C=C\CCCCCCCCCC(=O)NC(COC1OC(CO)C(OC2OC(CO)C(O)C(OC3(C(=O)O)CC(O)C(NC(C)=O)C(C(O)C(O)CO)O3)C2O)C(O)C1O)C(O)/C=C/CCCCCCCCCCCCCCCCCCCCC. The Morgan fingerprint density at radius 2 is 1.05 bits per heavy atom. The van der Waals surface area contributed by atoms with Crippen LogP contribution in [-0.2, 0) is 42.8 Å². The summed E-state index contributed by atoms with van der Waals surface area (Å²) in [6, 6.07) is -2.62. The van der Waals surface area contributed by atoms with Crippen LogP contribution in [0.5, 0.6) is 0 Å². The third kappa shape index (κ3) is 31.4. The van der Waals surface area contributed by atoms with Crippen LogP contribution in [0.15, 0.2) is 36.5 Å². The van der Waals surface area contributed by atoms with Crippen LogP contribution in [0.4, 0.5) is 0 Å². The molecule has 0 bridgehead atoms. The predicted molar refractivity (Wildman–Crippen MR) is 347 cm³/mol. The summed E-state index contributed by atoms with van der Waals surface area (Å²) in [7, 11) is 0. The number of aliphatic carboxylic acids is 1. The maximum Gasteiger partial charge on any atom is 0.364 e. The summed E-state index contributed by atoms with van der Waals surface area (Å²) in [5, 5.41) is 136. The predicted octanol–water partition coefficient (Wildman–Crippen LogP) is 6.62. The van der Waals surface area contributed by atoms with Gasteiger partial charge in [-0.3, -0.25) is 9.59 Å². The Kier molecular flexibility index (Phi) is 44.7. The second kappa shape index (κ2) is 49.5. The third-order valence-corrected chi connectivity index (χ3v) is 17.8. The van der Waals surface area contributed by atoms with E-state index in [-0.39, 0.29) is 12.3 Å². The molecule has 0 radical (unpaired) electrons. The molecule has 0 aromatic carbocycles. The van der Waals surface area contributed by atoms with Crippen LogP contribution in [0.25, 0.3) is 0 Å². The number of hydrogen-bond acceptors (Lipinski definition) is 20. The van der Waals surface area contributed by atoms with Gasteiger partial charge in [-0.2, -0.15) is 0 Å². The maximum atomic E-state index is 13.5. The van der Waals surface area contributed by atoms with Gasteiger partial charge in [0.15, 0.2) is 12.6 Å². The number of aliphatic hydroxyl groups is 11. The van der Waals surface area contributed by atoms with Gasteiger partial charge in [-0.05, 0) is 51.4 Å². The molecule has 0 spiro atoms. The number of carboxylic acids is 1. The summed E-state index contributed by atoms with van der Waals surface area (Å²) < 4.78 is 34.8. The van der Waals surface area contributed by atoms with Gasteiger partial charge in [0, 0.05) is 19.8 Å². The van der Waals surface area contributed by atoms with Crippen molar-refractivity contribution in [3.63, 3.8) is 0 Å². The molecule has 18 unspecified atom stereocenters. The number of unbranched alkanes of at least 4 members (excludes halogenated alkanes) is 29. The Bertz CT molecular complexity index is 2000. The number of rotatable bonds is 53. The molecule has 0 saturated carbocycles. The zero-order chi connectivity index (χ0) is 67.5. The summed E-state index contributed by atoms with van der Waals surface area (Å²) >= 11 is 0. The Morgan fingerprint density at radius 3 is 1.55 bits per heavy atom. The van der Waals surface area contributed by atoms with Crippen LogP contribution >= 0.6 is 0 Å². The highest BCUT2D eigenvalue weighted by molar-refractivity contribution is 5.77. The van der Waals surface area contributed by atoms with Gasteiger partial charge in [0.25, 0.3) is 5.79 Å². The van der Waals surface area contributed by atoms with E-state index in [4.69, 9.17) is 28.4 Å². The fourth-order valence-corrected chi connectivity index (χ4v) is 12.2. The minimum absolute atomic E-state index is 0.190.